The molecule has 6 heteroatoms. The highest BCUT2D eigenvalue weighted by atomic mass is 32.2. The molecule has 0 spiro atoms. The third-order valence-electron chi connectivity index (χ3n) is 3.72. The van der Waals surface area contributed by atoms with Gasteiger partial charge in [-0.05, 0) is 37.1 Å². The van der Waals surface area contributed by atoms with Gasteiger partial charge in [0.2, 0.25) is 5.91 Å². The Morgan fingerprint density at radius 1 is 1.18 bits per heavy atom. The molecule has 0 aliphatic heterocycles. The molecule has 1 aromatic carbocycles. The SMILES string of the molecule is O=C(NC[C@@H](c1ccco1)S(=O)(=O)c1ccccc1)C1CC1. The van der Waals surface area contributed by atoms with Crippen LogP contribution in [0.3, 0.4) is 0 Å². The second kappa shape index (κ2) is 5.96. The number of rotatable bonds is 6. The quantitative estimate of drug-likeness (QED) is 0.886. The number of nitrogens with one attached hydrogen (secondary N) is 1. The maximum absolute atomic E-state index is 12.8. The van der Waals surface area contributed by atoms with Crippen LogP contribution in [0.1, 0.15) is 23.9 Å². The van der Waals surface area contributed by atoms with E-state index in [0.29, 0.717) is 5.76 Å². The summed E-state index contributed by atoms with van der Waals surface area (Å²) in [5.41, 5.74) is 0. The standard InChI is InChI=1S/C16H17NO4S/c18-16(12-8-9-12)17-11-15(14-7-4-10-21-14)22(19,20)13-5-2-1-3-6-13/h1-7,10,12,15H,8-9,11H2,(H,17,18)/t15-/m0/s1. The largest absolute Gasteiger partial charge is 0.468 e. The maximum Gasteiger partial charge on any atom is 0.223 e. The van der Waals surface area contributed by atoms with Gasteiger partial charge in [-0.25, -0.2) is 8.42 Å². The predicted molar refractivity (Wildman–Crippen MR) is 80.8 cm³/mol. The van der Waals surface area contributed by atoms with E-state index >= 15 is 0 Å². The molecule has 0 bridgehead atoms. The molecule has 1 saturated carbocycles. The minimum atomic E-state index is -3.63. The van der Waals surface area contributed by atoms with Gasteiger partial charge in [0, 0.05) is 12.5 Å². The van der Waals surface area contributed by atoms with Crippen molar-refractivity contribution in [1.82, 2.24) is 5.32 Å². The van der Waals surface area contributed by atoms with Crippen LogP contribution >= 0.6 is 0 Å². The van der Waals surface area contributed by atoms with Gasteiger partial charge in [0.1, 0.15) is 11.0 Å². The van der Waals surface area contributed by atoms with Crippen molar-refractivity contribution in [3.63, 3.8) is 0 Å². The number of hydrogen-bond donors (Lipinski definition) is 1. The zero-order chi connectivity index (χ0) is 15.6. The molecule has 1 heterocycles. The fourth-order valence-corrected chi connectivity index (χ4v) is 3.90. The van der Waals surface area contributed by atoms with Crippen molar-refractivity contribution in [1.29, 1.82) is 0 Å². The summed E-state index contributed by atoms with van der Waals surface area (Å²) in [5.74, 6) is 0.288. The Hall–Kier alpha value is -2.08. The highest BCUT2D eigenvalue weighted by Gasteiger charge is 2.34. The topological polar surface area (TPSA) is 76.4 Å². The Labute approximate surface area is 129 Å². The van der Waals surface area contributed by atoms with Gasteiger partial charge in [0.25, 0.3) is 0 Å². The Balaban J connectivity index is 1.86. The van der Waals surface area contributed by atoms with Crippen LogP contribution in [0.25, 0.3) is 0 Å². The van der Waals surface area contributed by atoms with Crippen LogP contribution in [-0.2, 0) is 14.6 Å². The average molecular weight is 319 g/mol. The molecule has 1 aromatic heterocycles. The molecule has 3 rings (SSSR count). The Kier molecular flexibility index (Phi) is 4.02. The lowest BCUT2D eigenvalue weighted by Gasteiger charge is -2.16. The summed E-state index contributed by atoms with van der Waals surface area (Å²) < 4.78 is 30.9. The Bertz CT molecular complexity index is 734. The Morgan fingerprint density at radius 2 is 1.91 bits per heavy atom. The van der Waals surface area contributed by atoms with Crippen molar-refractivity contribution in [2.24, 2.45) is 5.92 Å². The van der Waals surface area contributed by atoms with Gasteiger partial charge in [-0.3, -0.25) is 4.79 Å². The van der Waals surface area contributed by atoms with Crippen molar-refractivity contribution in [2.75, 3.05) is 6.54 Å². The zero-order valence-electron chi connectivity index (χ0n) is 11.9. The highest BCUT2D eigenvalue weighted by Crippen LogP contribution is 2.31. The van der Waals surface area contributed by atoms with E-state index in [0.717, 1.165) is 12.8 Å². The molecule has 1 N–H and O–H groups in total. The lowest BCUT2D eigenvalue weighted by molar-refractivity contribution is -0.122. The third-order valence-corrected chi connectivity index (χ3v) is 5.79. The number of benzene rings is 1. The summed E-state index contributed by atoms with van der Waals surface area (Å²) in [4.78, 5) is 12.0. The molecule has 1 amide bonds. The summed E-state index contributed by atoms with van der Waals surface area (Å²) in [7, 11) is -3.63. The van der Waals surface area contributed by atoms with Gasteiger partial charge < -0.3 is 9.73 Å². The second-order valence-electron chi connectivity index (χ2n) is 5.38. The number of sulfone groups is 1. The van der Waals surface area contributed by atoms with E-state index in [4.69, 9.17) is 4.42 Å². The first kappa shape index (κ1) is 14.8. The lowest BCUT2D eigenvalue weighted by atomic mass is 10.3. The fraction of sp³-hybridized carbons (Fsp3) is 0.312. The fourth-order valence-electron chi connectivity index (χ4n) is 2.30. The molecule has 0 unspecified atom stereocenters. The summed E-state index contributed by atoms with van der Waals surface area (Å²) in [6.07, 6.45) is 3.19. The first-order chi connectivity index (χ1) is 10.6. The van der Waals surface area contributed by atoms with Crippen LogP contribution in [0.5, 0.6) is 0 Å². The molecule has 1 atom stereocenters. The van der Waals surface area contributed by atoms with Crippen molar-refractivity contribution in [3.8, 4) is 0 Å². The van der Waals surface area contributed by atoms with Crippen LogP contribution in [0, 0.1) is 5.92 Å². The highest BCUT2D eigenvalue weighted by molar-refractivity contribution is 7.91. The van der Waals surface area contributed by atoms with Crippen LogP contribution in [0.2, 0.25) is 0 Å². The van der Waals surface area contributed by atoms with Crippen molar-refractivity contribution in [3.05, 3.63) is 54.5 Å². The van der Waals surface area contributed by atoms with Crippen molar-refractivity contribution in [2.45, 2.75) is 23.0 Å². The number of furan rings is 1. The molecule has 1 aliphatic rings. The van der Waals surface area contributed by atoms with E-state index in [1.807, 2.05) is 0 Å². The van der Waals surface area contributed by atoms with E-state index in [1.165, 1.54) is 6.26 Å². The molecular formula is C16H17NO4S. The van der Waals surface area contributed by atoms with Crippen molar-refractivity contribution < 1.29 is 17.6 Å². The van der Waals surface area contributed by atoms with E-state index in [9.17, 15) is 13.2 Å². The Morgan fingerprint density at radius 3 is 2.50 bits per heavy atom. The summed E-state index contributed by atoms with van der Waals surface area (Å²) in [6.45, 7) is 0.0140. The minimum absolute atomic E-state index is 0.0140. The van der Waals surface area contributed by atoms with Gasteiger partial charge in [-0.1, -0.05) is 18.2 Å². The smallest absolute Gasteiger partial charge is 0.223 e. The average Bonchev–Trinajstić information content (AvgIpc) is 3.25. The predicted octanol–water partition coefficient (Wildman–Crippen LogP) is 2.32. The van der Waals surface area contributed by atoms with Gasteiger partial charge in [-0.2, -0.15) is 0 Å². The summed E-state index contributed by atoms with van der Waals surface area (Å²) in [6, 6.07) is 11.5. The molecule has 5 nitrogen and oxygen atoms in total. The second-order valence-corrected chi connectivity index (χ2v) is 7.51. The molecule has 0 saturated heterocycles. The summed E-state index contributed by atoms with van der Waals surface area (Å²) >= 11 is 0. The van der Waals surface area contributed by atoms with Crippen molar-refractivity contribution >= 4 is 15.7 Å². The number of carbonyl (C=O) groups is 1. The van der Waals surface area contributed by atoms with Crippen LogP contribution in [0.15, 0.2) is 58.0 Å². The van der Waals surface area contributed by atoms with Gasteiger partial charge in [0.15, 0.2) is 9.84 Å². The zero-order valence-corrected chi connectivity index (χ0v) is 12.8. The summed E-state index contributed by atoms with van der Waals surface area (Å²) in [5, 5.41) is 1.81. The van der Waals surface area contributed by atoms with Gasteiger partial charge in [0.05, 0.1) is 11.2 Å². The van der Waals surface area contributed by atoms with Gasteiger partial charge >= 0.3 is 0 Å². The minimum Gasteiger partial charge on any atom is -0.468 e. The lowest BCUT2D eigenvalue weighted by Crippen LogP contribution is -2.32. The number of amides is 1. The molecule has 1 aliphatic carbocycles. The van der Waals surface area contributed by atoms with Crippen LogP contribution < -0.4 is 5.32 Å². The molecular weight excluding hydrogens is 302 g/mol. The van der Waals surface area contributed by atoms with E-state index in [1.54, 1.807) is 42.5 Å². The maximum atomic E-state index is 12.8. The van der Waals surface area contributed by atoms with Crippen LogP contribution in [-0.4, -0.2) is 20.9 Å². The molecule has 1 fully saturated rings. The molecule has 2 aromatic rings. The van der Waals surface area contributed by atoms with Gasteiger partial charge in [-0.15, -0.1) is 0 Å². The molecule has 22 heavy (non-hydrogen) atoms. The van der Waals surface area contributed by atoms with Crippen LogP contribution in [0.4, 0.5) is 0 Å². The molecule has 116 valence electrons. The normalized spacial score (nSPS) is 16.2. The van der Waals surface area contributed by atoms with E-state index in [-0.39, 0.29) is 23.3 Å². The third kappa shape index (κ3) is 3.06. The first-order valence-electron chi connectivity index (χ1n) is 7.19. The van der Waals surface area contributed by atoms with E-state index in [2.05, 4.69) is 5.32 Å². The van der Waals surface area contributed by atoms with E-state index < -0.39 is 15.1 Å². The number of hydrogen-bond acceptors (Lipinski definition) is 4. The monoisotopic (exact) mass is 319 g/mol. The first-order valence-corrected chi connectivity index (χ1v) is 8.74. The molecule has 0 radical (unpaired) electrons. The number of carbonyl (C=O) groups excluding carboxylic acids is 1.